The number of nitrogens with zero attached hydrogens (tertiary/aromatic N) is 4. The number of ether oxygens (including phenoxy) is 1. The van der Waals surface area contributed by atoms with E-state index in [1.165, 1.54) is 0 Å². The van der Waals surface area contributed by atoms with E-state index in [1.807, 2.05) is 158 Å². The van der Waals surface area contributed by atoms with Gasteiger partial charge in [0.05, 0.1) is 33.9 Å². The van der Waals surface area contributed by atoms with Gasteiger partial charge in [-0.15, -0.1) is 0 Å². The molecule has 0 radical (unpaired) electrons. The third-order valence-corrected chi connectivity index (χ3v) is 12.2. The normalized spacial score (nSPS) is 11.3. The van der Waals surface area contributed by atoms with Crippen LogP contribution in [-0.2, 0) is 0 Å². The predicted molar refractivity (Wildman–Crippen MR) is 256 cm³/mol. The summed E-state index contributed by atoms with van der Waals surface area (Å²) in [4.78, 5) is 34.2. The standard InChI is InChI=1S/C48H30Br4N8O/c49-31-15-7-27(8-16-31)37-23-53-45(57-37)35-3-1-5-41(43(35)47-55-25-39(59-47)29-11-19-33(51)20-12-29)61-42-6-2-4-36(46-54-24-38(58-46)28-9-17-32(50)18-10-28)44(42)48-56-26-40(60-48)30-13-21-34(52)22-14-30/h1-26H,(H,53,57)(H,54,58)(H,55,59)(H,56,60). The number of hydrogen-bond donors (Lipinski definition) is 4. The van der Waals surface area contributed by atoms with E-state index in [1.54, 1.807) is 0 Å². The third kappa shape index (κ3) is 8.09. The summed E-state index contributed by atoms with van der Waals surface area (Å²) in [5, 5.41) is 0. The summed E-state index contributed by atoms with van der Waals surface area (Å²) in [6.07, 6.45) is 7.65. The summed E-state index contributed by atoms with van der Waals surface area (Å²) in [5.74, 6) is 3.67. The lowest BCUT2D eigenvalue weighted by atomic mass is 10.0. The second-order valence-corrected chi connectivity index (χ2v) is 17.7. The molecule has 13 heteroatoms. The van der Waals surface area contributed by atoms with Crippen molar-refractivity contribution in [2.24, 2.45) is 0 Å². The number of hydrogen-bond acceptors (Lipinski definition) is 5. The Labute approximate surface area is 383 Å². The molecule has 0 saturated heterocycles. The van der Waals surface area contributed by atoms with Crippen molar-refractivity contribution >= 4 is 63.7 Å². The van der Waals surface area contributed by atoms with E-state index in [0.717, 1.165) is 85.2 Å². The lowest BCUT2D eigenvalue weighted by Crippen LogP contribution is -1.98. The molecule has 0 aliphatic heterocycles. The molecule has 0 atom stereocenters. The fourth-order valence-corrected chi connectivity index (χ4v) is 8.18. The van der Waals surface area contributed by atoms with Gasteiger partial charge in [-0.1, -0.05) is 137 Å². The zero-order valence-electron chi connectivity index (χ0n) is 31.7. The first-order valence-electron chi connectivity index (χ1n) is 19.0. The maximum absolute atomic E-state index is 7.12. The fourth-order valence-electron chi connectivity index (χ4n) is 7.13. The molecule has 0 aliphatic carbocycles. The smallest absolute Gasteiger partial charge is 0.142 e. The van der Waals surface area contributed by atoms with Gasteiger partial charge >= 0.3 is 0 Å². The fraction of sp³-hybridized carbons (Fsp3) is 0. The summed E-state index contributed by atoms with van der Waals surface area (Å²) in [7, 11) is 0. The third-order valence-electron chi connectivity index (χ3n) is 10.1. The highest BCUT2D eigenvalue weighted by atomic mass is 79.9. The van der Waals surface area contributed by atoms with Crippen LogP contribution in [0.3, 0.4) is 0 Å². The van der Waals surface area contributed by atoms with Crippen LogP contribution in [0.25, 0.3) is 90.6 Å². The lowest BCUT2D eigenvalue weighted by Gasteiger charge is -2.17. The highest BCUT2D eigenvalue weighted by molar-refractivity contribution is 9.11. The van der Waals surface area contributed by atoms with E-state index < -0.39 is 0 Å². The summed E-state index contributed by atoms with van der Waals surface area (Å²) in [6, 6.07) is 44.2. The zero-order chi connectivity index (χ0) is 41.5. The van der Waals surface area contributed by atoms with Gasteiger partial charge in [-0.25, -0.2) is 19.9 Å². The van der Waals surface area contributed by atoms with Crippen molar-refractivity contribution in [3.8, 4) is 102 Å². The van der Waals surface area contributed by atoms with Gasteiger partial charge in [0.15, 0.2) is 0 Å². The maximum Gasteiger partial charge on any atom is 0.142 e. The van der Waals surface area contributed by atoms with E-state index in [-0.39, 0.29) is 0 Å². The number of H-pyrrole nitrogens is 4. The first kappa shape index (κ1) is 39.0. The van der Waals surface area contributed by atoms with Crippen LogP contribution in [0.4, 0.5) is 0 Å². The summed E-state index contributed by atoms with van der Waals surface area (Å²) in [6.45, 7) is 0. The van der Waals surface area contributed by atoms with Gasteiger partial charge < -0.3 is 24.7 Å². The second-order valence-electron chi connectivity index (χ2n) is 14.0. The molecule has 0 spiro atoms. The van der Waals surface area contributed by atoms with Gasteiger partial charge in [-0.05, 0) is 60.7 Å². The number of aromatic amines is 4. The lowest BCUT2D eigenvalue weighted by molar-refractivity contribution is 0.486. The molecule has 0 amide bonds. The predicted octanol–water partition coefficient (Wildman–Crippen LogP) is 14.8. The van der Waals surface area contributed by atoms with Gasteiger partial charge in [0, 0.05) is 76.1 Å². The molecule has 9 nitrogen and oxygen atoms in total. The van der Waals surface area contributed by atoms with Crippen molar-refractivity contribution in [1.29, 1.82) is 0 Å². The van der Waals surface area contributed by atoms with Crippen molar-refractivity contribution in [3.63, 3.8) is 0 Å². The molecule has 296 valence electrons. The summed E-state index contributed by atoms with van der Waals surface area (Å²) < 4.78 is 11.1. The molecule has 0 aliphatic rings. The SMILES string of the molecule is Brc1ccc(-c2c[nH]c(-c3cccc(Oc4cccc(-c5nc(-c6ccc(Br)cc6)c[nH]5)c4-c4nc(-c5ccc(Br)cc5)c[nH]4)c3-c3nc(-c4ccc(Br)cc4)c[nH]3)n2)cc1. The average Bonchev–Trinajstić information content (AvgIpc) is 4.13. The van der Waals surface area contributed by atoms with Crippen molar-refractivity contribution in [2.75, 3.05) is 0 Å². The minimum Gasteiger partial charge on any atom is -0.456 e. The van der Waals surface area contributed by atoms with E-state index in [0.29, 0.717) is 34.8 Å². The Bertz CT molecular complexity index is 2940. The van der Waals surface area contributed by atoms with Gasteiger partial charge in [0.1, 0.15) is 34.8 Å². The number of imidazole rings is 4. The molecule has 0 bridgehead atoms. The number of aromatic nitrogens is 8. The van der Waals surface area contributed by atoms with E-state index >= 15 is 0 Å². The second kappa shape index (κ2) is 16.7. The first-order valence-corrected chi connectivity index (χ1v) is 22.2. The molecular formula is C48H30Br4N8O. The molecule has 6 aromatic carbocycles. The van der Waals surface area contributed by atoms with Gasteiger partial charge in [0.2, 0.25) is 0 Å². The van der Waals surface area contributed by atoms with Gasteiger partial charge in [-0.3, -0.25) is 0 Å². The van der Waals surface area contributed by atoms with Gasteiger partial charge in [-0.2, -0.15) is 0 Å². The Hall–Kier alpha value is -6.12. The molecule has 4 aromatic heterocycles. The highest BCUT2D eigenvalue weighted by Crippen LogP contribution is 2.45. The van der Waals surface area contributed by atoms with E-state index in [4.69, 9.17) is 24.7 Å². The largest absolute Gasteiger partial charge is 0.456 e. The molecular weight excluding hydrogens is 1020 g/mol. The summed E-state index contributed by atoms with van der Waals surface area (Å²) in [5.41, 5.74) is 10.2. The Morgan fingerprint density at radius 1 is 0.328 bits per heavy atom. The van der Waals surface area contributed by atoms with Crippen LogP contribution in [0.5, 0.6) is 11.5 Å². The van der Waals surface area contributed by atoms with E-state index in [2.05, 4.69) is 83.7 Å². The van der Waals surface area contributed by atoms with Crippen molar-refractivity contribution in [2.45, 2.75) is 0 Å². The number of benzene rings is 6. The Kier molecular flexibility index (Phi) is 10.7. The molecule has 10 aromatic rings. The zero-order valence-corrected chi connectivity index (χ0v) is 38.1. The molecule has 0 saturated carbocycles. The number of halogens is 4. The average molecular weight is 1050 g/mol. The topological polar surface area (TPSA) is 124 Å². The monoisotopic (exact) mass is 1050 g/mol. The molecule has 0 fully saturated rings. The maximum atomic E-state index is 7.12. The first-order chi connectivity index (χ1) is 29.8. The molecule has 10 rings (SSSR count). The van der Waals surface area contributed by atoms with Crippen LogP contribution in [-0.4, -0.2) is 39.9 Å². The minimum absolute atomic E-state index is 0.559. The highest BCUT2D eigenvalue weighted by Gasteiger charge is 2.24. The molecule has 0 unspecified atom stereocenters. The van der Waals surface area contributed by atoms with Crippen LogP contribution < -0.4 is 4.74 Å². The van der Waals surface area contributed by atoms with Crippen molar-refractivity contribution in [1.82, 2.24) is 39.9 Å². The quantitative estimate of drug-likeness (QED) is 0.109. The molecule has 4 heterocycles. The van der Waals surface area contributed by atoms with Crippen molar-refractivity contribution in [3.05, 3.63) is 176 Å². The van der Waals surface area contributed by atoms with Crippen LogP contribution in [0.15, 0.2) is 176 Å². The number of nitrogens with one attached hydrogen (secondary N) is 4. The summed E-state index contributed by atoms with van der Waals surface area (Å²) >= 11 is 14.2. The van der Waals surface area contributed by atoms with Crippen LogP contribution >= 0.6 is 63.7 Å². The van der Waals surface area contributed by atoms with Crippen LogP contribution in [0.2, 0.25) is 0 Å². The number of rotatable bonds is 10. The molecule has 61 heavy (non-hydrogen) atoms. The van der Waals surface area contributed by atoms with Crippen LogP contribution in [0.1, 0.15) is 0 Å². The Morgan fingerprint density at radius 2 is 0.607 bits per heavy atom. The molecule has 4 N–H and O–H groups in total. The van der Waals surface area contributed by atoms with Crippen LogP contribution in [0, 0.1) is 0 Å². The van der Waals surface area contributed by atoms with E-state index in [9.17, 15) is 0 Å². The van der Waals surface area contributed by atoms with Gasteiger partial charge in [0.25, 0.3) is 0 Å². The Morgan fingerprint density at radius 3 is 0.918 bits per heavy atom. The van der Waals surface area contributed by atoms with Crippen molar-refractivity contribution < 1.29 is 4.74 Å². The Balaban J connectivity index is 1.12. The minimum atomic E-state index is 0.559.